The van der Waals surface area contributed by atoms with Gasteiger partial charge >= 0.3 is 11.9 Å². The first kappa shape index (κ1) is 41.0. The minimum atomic E-state index is -3.94. The zero-order valence-electron chi connectivity index (χ0n) is 26.7. The molecular formula is C27H37BrN8O11S3. The number of benzene rings is 1. The van der Waals surface area contributed by atoms with Gasteiger partial charge in [-0.05, 0) is 47.1 Å². The zero-order chi connectivity index (χ0) is 37.2. The second-order valence-electron chi connectivity index (χ2n) is 10.4. The maximum absolute atomic E-state index is 12.7. The van der Waals surface area contributed by atoms with E-state index in [9.17, 15) is 26.4 Å². The van der Waals surface area contributed by atoms with E-state index in [4.69, 9.17) is 30.3 Å². The minimum absolute atomic E-state index is 0.0520. The molecule has 0 saturated heterocycles. The third-order valence-corrected chi connectivity index (χ3v) is 12.6. The highest BCUT2D eigenvalue weighted by Gasteiger charge is 2.39. The molecule has 0 bridgehead atoms. The highest BCUT2D eigenvalue weighted by Crippen LogP contribution is 2.40. The van der Waals surface area contributed by atoms with E-state index in [0.29, 0.717) is 43.0 Å². The number of hydrogen-bond acceptors (Lipinski definition) is 16. The number of thiophene rings is 1. The summed E-state index contributed by atoms with van der Waals surface area (Å²) >= 11 is 4.25. The molecule has 0 amide bonds. The Labute approximate surface area is 299 Å². The van der Waals surface area contributed by atoms with E-state index in [1.54, 1.807) is 19.5 Å². The number of guanidine groups is 1. The van der Waals surface area contributed by atoms with Crippen LogP contribution in [0.25, 0.3) is 11.0 Å². The fraction of sp³-hybridized carbons (Fsp3) is 0.444. The SMILES string of the molecule is Brc1c(NC2=NCCN2)ccc2nccnc12.CCNC1CN(CCCOC)S(=O)(=O)c2sc(S(N)(=O)=O)cc21.O=C(O)[C@H](O)[C@@H](O)C(=O)O. The number of carboxylic acids is 2. The quantitative estimate of drug-likeness (QED) is 0.115. The van der Waals surface area contributed by atoms with Crippen LogP contribution >= 0.6 is 27.3 Å². The summed E-state index contributed by atoms with van der Waals surface area (Å²) in [5.41, 5.74) is 3.12. The number of aliphatic hydroxyl groups excluding tert-OH is 2. The molecule has 276 valence electrons. The van der Waals surface area contributed by atoms with Crippen molar-refractivity contribution in [3.63, 3.8) is 0 Å². The largest absolute Gasteiger partial charge is 0.479 e. The number of nitrogens with two attached hydrogens (primary N) is 1. The molecule has 0 spiro atoms. The molecule has 50 heavy (non-hydrogen) atoms. The molecule has 2 aliphatic heterocycles. The standard InChI is InChI=1S/C12H21N3O5S3.C11H10BrN5.C4H6O6/c1-3-14-10-8-15(5-4-6-20-2)23(18,19)12-9(10)7-11(21-12)22(13,16)17;12-9-7(17-11-15-5-6-16-11)1-2-8-10(9)14-4-3-13-8;5-1(3(7)8)2(6)4(9)10/h7,10,14H,3-6,8H2,1-2H3,(H2,13,16,17);1-4H,5-6H2,(H2,15,16,17);1-2,5-6H,(H,7,8)(H,9,10)/t;;1-,2-/m..1/s1. The molecule has 3 atom stereocenters. The normalized spacial score (nSPS) is 17.9. The first-order chi connectivity index (χ1) is 23.5. The summed E-state index contributed by atoms with van der Waals surface area (Å²) in [6, 6.07) is 5.01. The van der Waals surface area contributed by atoms with Crippen molar-refractivity contribution in [2.75, 3.05) is 51.8 Å². The fourth-order valence-corrected chi connectivity index (χ4v) is 9.31. The number of methoxy groups -OCH3 is 1. The van der Waals surface area contributed by atoms with Gasteiger partial charge < -0.3 is 41.1 Å². The monoisotopic (exact) mass is 824 g/mol. The van der Waals surface area contributed by atoms with Crippen molar-refractivity contribution in [1.29, 1.82) is 0 Å². The lowest BCUT2D eigenvalue weighted by atomic mass is 10.1. The number of fused-ring (bicyclic) bond motifs is 2. The Hall–Kier alpha value is -3.39. The highest BCUT2D eigenvalue weighted by molar-refractivity contribution is 9.10. The third-order valence-electron chi connectivity index (χ3n) is 6.84. The number of carboxylic acid groups (broad SMARTS) is 2. The van der Waals surface area contributed by atoms with Gasteiger partial charge in [0.1, 0.15) is 13.9 Å². The number of nitrogens with zero attached hydrogens (tertiary/aromatic N) is 4. The van der Waals surface area contributed by atoms with Crippen molar-refractivity contribution >= 4 is 81.9 Å². The molecule has 2 aromatic heterocycles. The maximum atomic E-state index is 12.7. The van der Waals surface area contributed by atoms with Crippen molar-refractivity contribution in [3.8, 4) is 0 Å². The second-order valence-corrected chi connectivity index (χ2v) is 16.1. The molecule has 19 nitrogen and oxygen atoms in total. The van der Waals surface area contributed by atoms with Crippen molar-refractivity contribution in [1.82, 2.24) is 24.9 Å². The summed E-state index contributed by atoms with van der Waals surface area (Å²) in [6.07, 6.45) is -0.598. The molecule has 0 radical (unpaired) electrons. The number of nitrogens with one attached hydrogen (secondary N) is 3. The Bertz CT molecular complexity index is 1890. The average molecular weight is 826 g/mol. The molecular weight excluding hydrogens is 788 g/mol. The minimum Gasteiger partial charge on any atom is -0.479 e. The smallest absolute Gasteiger partial charge is 0.335 e. The van der Waals surface area contributed by atoms with Crippen molar-refractivity contribution in [3.05, 3.63) is 40.6 Å². The topological polar surface area (TPSA) is 296 Å². The fourth-order valence-electron chi connectivity index (χ4n) is 4.46. The van der Waals surface area contributed by atoms with Crippen molar-refractivity contribution in [2.24, 2.45) is 10.1 Å². The van der Waals surface area contributed by atoms with Gasteiger partial charge in [-0.3, -0.25) is 15.0 Å². The number of likely N-dealkylation sites (N-methyl/N-ethyl adjacent to an activating group) is 1. The van der Waals surface area contributed by atoms with E-state index in [2.05, 4.69) is 46.8 Å². The Morgan fingerprint density at radius 3 is 2.42 bits per heavy atom. The number of carbonyl (C=O) groups is 2. The highest BCUT2D eigenvalue weighted by atomic mass is 79.9. The van der Waals surface area contributed by atoms with E-state index in [-0.39, 0.29) is 21.0 Å². The van der Waals surface area contributed by atoms with Gasteiger partial charge in [0.15, 0.2) is 18.2 Å². The van der Waals surface area contributed by atoms with Gasteiger partial charge in [-0.2, -0.15) is 4.31 Å². The van der Waals surface area contributed by atoms with E-state index < -0.39 is 44.2 Å². The van der Waals surface area contributed by atoms with E-state index in [0.717, 1.165) is 40.2 Å². The molecule has 3 aromatic rings. The number of aromatic nitrogens is 2. The van der Waals surface area contributed by atoms with Crippen LogP contribution in [0, 0.1) is 0 Å². The molecule has 4 heterocycles. The predicted molar refractivity (Wildman–Crippen MR) is 186 cm³/mol. The lowest BCUT2D eigenvalue weighted by Gasteiger charge is -2.32. The Morgan fingerprint density at radius 1 is 1.20 bits per heavy atom. The number of ether oxygens (including phenoxy) is 1. The van der Waals surface area contributed by atoms with Crippen LogP contribution in [0.15, 0.2) is 48.5 Å². The summed E-state index contributed by atoms with van der Waals surface area (Å²) < 4.78 is 55.7. The average Bonchev–Trinajstić information content (AvgIpc) is 3.76. The molecule has 2 aliphatic rings. The van der Waals surface area contributed by atoms with Gasteiger partial charge in [-0.1, -0.05) is 6.92 Å². The maximum Gasteiger partial charge on any atom is 0.335 e. The number of anilines is 1. The van der Waals surface area contributed by atoms with Gasteiger partial charge in [-0.15, -0.1) is 11.3 Å². The zero-order valence-corrected chi connectivity index (χ0v) is 30.7. The van der Waals surface area contributed by atoms with Gasteiger partial charge in [0, 0.05) is 57.3 Å². The summed E-state index contributed by atoms with van der Waals surface area (Å²) in [5.74, 6) is -2.74. The van der Waals surface area contributed by atoms with E-state index >= 15 is 0 Å². The molecule has 1 aromatic carbocycles. The lowest BCUT2D eigenvalue weighted by Crippen LogP contribution is -2.43. The molecule has 1 unspecified atom stereocenters. The summed E-state index contributed by atoms with van der Waals surface area (Å²) in [4.78, 5) is 32.4. The lowest BCUT2D eigenvalue weighted by molar-refractivity contribution is -0.165. The number of aliphatic carboxylic acids is 2. The predicted octanol–water partition coefficient (Wildman–Crippen LogP) is -0.272. The van der Waals surface area contributed by atoms with Crippen LogP contribution in [-0.4, -0.2) is 128 Å². The van der Waals surface area contributed by atoms with Gasteiger partial charge in [-0.25, -0.2) is 31.6 Å². The number of aliphatic imine (C=N–C) groups is 1. The number of sulfonamides is 2. The van der Waals surface area contributed by atoms with Crippen LogP contribution in [0.2, 0.25) is 0 Å². The number of aliphatic hydroxyl groups is 2. The second kappa shape index (κ2) is 18.2. The van der Waals surface area contributed by atoms with Crippen LogP contribution in [0.3, 0.4) is 0 Å². The van der Waals surface area contributed by atoms with Crippen LogP contribution in [0.5, 0.6) is 0 Å². The number of primary sulfonamides is 1. The van der Waals surface area contributed by atoms with Crippen LogP contribution in [0.4, 0.5) is 5.69 Å². The van der Waals surface area contributed by atoms with E-state index in [1.807, 2.05) is 19.1 Å². The molecule has 0 fully saturated rings. The Balaban J connectivity index is 0.000000220. The number of halogens is 1. The molecule has 0 saturated carbocycles. The molecule has 9 N–H and O–H groups in total. The summed E-state index contributed by atoms with van der Waals surface area (Å²) in [7, 11) is -6.10. The van der Waals surface area contributed by atoms with Crippen LogP contribution in [-0.2, 0) is 34.4 Å². The van der Waals surface area contributed by atoms with Crippen LogP contribution < -0.4 is 21.1 Å². The molecule has 23 heteroatoms. The van der Waals surface area contributed by atoms with Gasteiger partial charge in [0.2, 0.25) is 10.0 Å². The first-order valence-corrected chi connectivity index (χ1v) is 19.3. The summed E-state index contributed by atoms with van der Waals surface area (Å²) in [6.45, 7) is 5.27. The number of hydrogen-bond donors (Lipinski definition) is 8. The summed E-state index contributed by atoms with van der Waals surface area (Å²) in [5, 5.41) is 47.3. The van der Waals surface area contributed by atoms with Crippen LogP contribution in [0.1, 0.15) is 24.9 Å². The van der Waals surface area contributed by atoms with Gasteiger partial charge in [0.25, 0.3) is 10.0 Å². The van der Waals surface area contributed by atoms with Gasteiger partial charge in [0.05, 0.1) is 22.2 Å². The van der Waals surface area contributed by atoms with E-state index in [1.165, 1.54) is 10.4 Å². The number of rotatable bonds is 11. The molecule has 5 rings (SSSR count). The Kier molecular flexibility index (Phi) is 14.9. The van der Waals surface area contributed by atoms with Crippen molar-refractivity contribution < 1.29 is 51.6 Å². The Morgan fingerprint density at radius 2 is 1.86 bits per heavy atom. The third kappa shape index (κ3) is 10.6. The molecule has 0 aliphatic carbocycles. The van der Waals surface area contributed by atoms with Crippen molar-refractivity contribution in [2.45, 2.75) is 40.0 Å². The first-order valence-electron chi connectivity index (χ1n) is 14.7.